The van der Waals surface area contributed by atoms with Crippen LogP contribution in [-0.2, 0) is 10.8 Å². The van der Waals surface area contributed by atoms with Gasteiger partial charge in [-0.2, -0.15) is 0 Å². The van der Waals surface area contributed by atoms with Crippen molar-refractivity contribution in [1.29, 1.82) is 0 Å². The van der Waals surface area contributed by atoms with Crippen LogP contribution in [0.4, 0.5) is 0 Å². The molecule has 0 saturated carbocycles. The highest BCUT2D eigenvalue weighted by Gasteiger charge is 2.53. The first-order chi connectivity index (χ1) is 27.5. The van der Waals surface area contributed by atoms with Crippen molar-refractivity contribution in [3.05, 3.63) is 228 Å². The third kappa shape index (κ3) is 4.63. The van der Waals surface area contributed by atoms with Crippen molar-refractivity contribution in [3.63, 3.8) is 0 Å². The molecule has 2 aliphatic carbocycles. The Bertz CT molecular complexity index is 2890. The fourth-order valence-electron chi connectivity index (χ4n) is 9.86. The Labute approximate surface area is 327 Å². The van der Waals surface area contributed by atoms with Gasteiger partial charge >= 0.3 is 0 Å². The van der Waals surface area contributed by atoms with E-state index >= 15 is 0 Å². The molecule has 1 spiro atoms. The zero-order valence-electron chi connectivity index (χ0n) is 31.4. The number of benzene rings is 8. The zero-order valence-corrected chi connectivity index (χ0v) is 31.4. The topological polar surface area (TPSA) is 25.8 Å². The third-order valence-electron chi connectivity index (χ3n) is 12.4. The molecule has 0 amide bonds. The van der Waals surface area contributed by atoms with Crippen LogP contribution in [0, 0.1) is 0 Å². The maximum Gasteiger partial charge on any atom is 0.161 e. The van der Waals surface area contributed by atoms with Crippen molar-refractivity contribution < 1.29 is 0 Å². The molecule has 8 aromatic carbocycles. The summed E-state index contributed by atoms with van der Waals surface area (Å²) in [6.45, 7) is 4.76. The van der Waals surface area contributed by atoms with E-state index < -0.39 is 5.41 Å². The van der Waals surface area contributed by atoms with Gasteiger partial charge in [0.1, 0.15) is 0 Å². The van der Waals surface area contributed by atoms with Gasteiger partial charge in [-0.1, -0.05) is 190 Å². The van der Waals surface area contributed by atoms with E-state index in [2.05, 4.69) is 196 Å². The number of hydrogen-bond acceptors (Lipinski definition) is 2. The summed E-state index contributed by atoms with van der Waals surface area (Å²) in [7, 11) is 0. The summed E-state index contributed by atoms with van der Waals surface area (Å²) in [6, 6.07) is 70.7. The highest BCUT2D eigenvalue weighted by atomic mass is 14.9. The van der Waals surface area contributed by atoms with E-state index in [4.69, 9.17) is 9.97 Å². The minimum atomic E-state index is -0.406. The van der Waals surface area contributed by atoms with Gasteiger partial charge in [0.05, 0.1) is 16.8 Å². The monoisotopic (exact) mass is 714 g/mol. The number of fused-ring (bicyclic) bond motifs is 10. The predicted molar refractivity (Wildman–Crippen MR) is 231 cm³/mol. The Morgan fingerprint density at radius 2 is 0.786 bits per heavy atom. The quantitative estimate of drug-likeness (QED) is 0.181. The molecule has 0 unspecified atom stereocenters. The molecule has 0 fully saturated rings. The Kier molecular flexibility index (Phi) is 7.15. The van der Waals surface area contributed by atoms with Gasteiger partial charge in [0.25, 0.3) is 0 Å². The van der Waals surface area contributed by atoms with Gasteiger partial charge in [-0.25, -0.2) is 9.97 Å². The fraction of sp³-hybridized carbons (Fsp3) is 0.0741. The molecular formula is C54H38N2. The van der Waals surface area contributed by atoms with Gasteiger partial charge in [0.2, 0.25) is 0 Å². The van der Waals surface area contributed by atoms with Crippen LogP contribution in [0.25, 0.3) is 66.9 Å². The van der Waals surface area contributed by atoms with Gasteiger partial charge < -0.3 is 0 Å². The van der Waals surface area contributed by atoms with Crippen molar-refractivity contribution in [1.82, 2.24) is 9.97 Å². The van der Waals surface area contributed by atoms with E-state index in [0.29, 0.717) is 0 Å². The van der Waals surface area contributed by atoms with Crippen molar-refractivity contribution in [3.8, 4) is 56.2 Å². The van der Waals surface area contributed by atoms with E-state index in [-0.39, 0.29) is 5.41 Å². The molecular weight excluding hydrogens is 677 g/mol. The van der Waals surface area contributed by atoms with Gasteiger partial charge in [0, 0.05) is 22.1 Å². The Morgan fingerprint density at radius 1 is 0.321 bits per heavy atom. The summed E-state index contributed by atoms with van der Waals surface area (Å²) < 4.78 is 0. The molecule has 1 heterocycles. The molecule has 9 aromatic rings. The van der Waals surface area contributed by atoms with Gasteiger partial charge in [0.15, 0.2) is 5.82 Å². The van der Waals surface area contributed by atoms with Crippen molar-refractivity contribution in [2.75, 3.05) is 0 Å². The minimum Gasteiger partial charge on any atom is -0.228 e. The smallest absolute Gasteiger partial charge is 0.161 e. The lowest BCUT2D eigenvalue weighted by Gasteiger charge is -2.46. The largest absolute Gasteiger partial charge is 0.228 e. The molecule has 2 aliphatic rings. The SMILES string of the molecule is CC1(C)c2ccccc2C2(c3ccccc3-c3cc(-c4ccc(-c5nc(-c6ccccc6)cc(-c6ccccc6)n5)c5ccccc45)ccc32)c2ccccc21. The highest BCUT2D eigenvalue weighted by molar-refractivity contribution is 6.05. The molecule has 0 N–H and O–H groups in total. The summed E-state index contributed by atoms with van der Waals surface area (Å²) in [5, 5.41) is 2.31. The number of rotatable bonds is 4. The molecule has 2 nitrogen and oxygen atoms in total. The average molecular weight is 715 g/mol. The van der Waals surface area contributed by atoms with Crippen molar-refractivity contribution in [2.45, 2.75) is 24.7 Å². The molecule has 0 saturated heterocycles. The Balaban J connectivity index is 1.11. The molecule has 0 bridgehead atoms. The summed E-state index contributed by atoms with van der Waals surface area (Å²) in [5.74, 6) is 0.718. The van der Waals surface area contributed by atoms with Gasteiger partial charge in [-0.3, -0.25) is 0 Å². The molecule has 264 valence electrons. The van der Waals surface area contributed by atoms with Crippen LogP contribution in [0.1, 0.15) is 47.2 Å². The minimum absolute atomic E-state index is 0.122. The average Bonchev–Trinajstić information content (AvgIpc) is 3.56. The Hall–Kier alpha value is -6.90. The van der Waals surface area contributed by atoms with E-state index in [1.54, 1.807) is 0 Å². The standard InChI is InChI=1S/C54H38N2/c1-53(2)46-25-13-15-27-48(46)54(49-28-16-14-26-47(49)53)44-24-12-11-23-41(44)43-33-37(29-32-45(43)54)38-30-31-42(40-22-10-9-21-39(38)40)52-55-50(35-17-5-3-6-18-35)34-51(56-52)36-19-7-4-8-20-36/h3-34H,1-2H3. The van der Waals surface area contributed by atoms with Crippen LogP contribution in [0.3, 0.4) is 0 Å². The van der Waals surface area contributed by atoms with Crippen molar-refractivity contribution >= 4 is 10.8 Å². The van der Waals surface area contributed by atoms with Crippen LogP contribution >= 0.6 is 0 Å². The van der Waals surface area contributed by atoms with Gasteiger partial charge in [-0.15, -0.1) is 0 Å². The van der Waals surface area contributed by atoms with Crippen LogP contribution < -0.4 is 0 Å². The van der Waals surface area contributed by atoms with E-state index in [1.807, 2.05) is 12.1 Å². The summed E-state index contributed by atoms with van der Waals surface area (Å²) in [6.07, 6.45) is 0. The molecule has 11 rings (SSSR count). The zero-order chi connectivity index (χ0) is 37.4. The van der Waals surface area contributed by atoms with Crippen LogP contribution in [-0.4, -0.2) is 9.97 Å². The molecule has 0 radical (unpaired) electrons. The summed E-state index contributed by atoms with van der Waals surface area (Å²) >= 11 is 0. The highest BCUT2D eigenvalue weighted by Crippen LogP contribution is 2.62. The number of nitrogens with zero attached hydrogens (tertiary/aromatic N) is 2. The maximum absolute atomic E-state index is 5.21. The molecule has 1 aromatic heterocycles. The van der Waals surface area contributed by atoms with E-state index in [9.17, 15) is 0 Å². The lowest BCUT2D eigenvalue weighted by Crippen LogP contribution is -2.40. The lowest BCUT2D eigenvalue weighted by molar-refractivity contribution is 0.563. The van der Waals surface area contributed by atoms with Gasteiger partial charge in [-0.05, 0) is 84.6 Å². The normalized spacial score (nSPS) is 14.2. The number of aromatic nitrogens is 2. The fourth-order valence-corrected chi connectivity index (χ4v) is 9.86. The second-order valence-electron chi connectivity index (χ2n) is 15.7. The summed E-state index contributed by atoms with van der Waals surface area (Å²) in [5.41, 5.74) is 17.7. The third-order valence-corrected chi connectivity index (χ3v) is 12.4. The molecule has 56 heavy (non-hydrogen) atoms. The van der Waals surface area contributed by atoms with Crippen molar-refractivity contribution in [2.24, 2.45) is 0 Å². The molecule has 0 atom stereocenters. The van der Waals surface area contributed by atoms with Crippen LogP contribution in [0.5, 0.6) is 0 Å². The second kappa shape index (κ2) is 12.3. The Morgan fingerprint density at radius 3 is 1.39 bits per heavy atom. The first kappa shape index (κ1) is 32.5. The molecule has 2 heteroatoms. The van der Waals surface area contributed by atoms with Crippen LogP contribution in [0.15, 0.2) is 194 Å². The lowest BCUT2D eigenvalue weighted by atomic mass is 9.55. The second-order valence-corrected chi connectivity index (χ2v) is 15.7. The number of hydrogen-bond donors (Lipinski definition) is 0. The maximum atomic E-state index is 5.21. The predicted octanol–water partition coefficient (Wildman–Crippen LogP) is 13.3. The van der Waals surface area contributed by atoms with E-state index in [0.717, 1.165) is 39.3 Å². The summed E-state index contributed by atoms with van der Waals surface area (Å²) in [4.78, 5) is 10.4. The first-order valence-corrected chi connectivity index (χ1v) is 19.5. The van der Waals surface area contributed by atoms with Crippen LogP contribution in [0.2, 0.25) is 0 Å². The van der Waals surface area contributed by atoms with E-state index in [1.165, 1.54) is 61.0 Å². The first-order valence-electron chi connectivity index (χ1n) is 19.5. The molecule has 0 aliphatic heterocycles.